The van der Waals surface area contributed by atoms with Crippen molar-refractivity contribution in [2.45, 2.75) is 0 Å². The van der Waals surface area contributed by atoms with E-state index in [1.165, 1.54) is 18.5 Å². The number of carbonyl (C=O) groups excluding carboxylic acids is 2. The number of nitrogens with one attached hydrogen (secondary N) is 2. The number of benzene rings is 2. The number of hydrogen-bond donors (Lipinski definition) is 2. The Morgan fingerprint density at radius 1 is 0.964 bits per heavy atom. The number of nitrogens with zero attached hydrogens (tertiary/aromatic N) is 2. The summed E-state index contributed by atoms with van der Waals surface area (Å²) in [6.45, 7) is 0. The monoisotopic (exact) mass is 412 g/mol. The molecule has 3 aromatic rings. The molecule has 1 heterocycles. The van der Waals surface area contributed by atoms with Gasteiger partial charge in [0, 0.05) is 16.9 Å². The Morgan fingerprint density at radius 2 is 1.82 bits per heavy atom. The molecule has 0 aliphatic carbocycles. The van der Waals surface area contributed by atoms with Crippen LogP contribution in [0.15, 0.2) is 72.0 Å². The van der Waals surface area contributed by atoms with Crippen LogP contribution in [-0.4, -0.2) is 23.0 Å². The number of amides is 2. The lowest BCUT2D eigenvalue weighted by molar-refractivity contribution is 0.0949. The van der Waals surface area contributed by atoms with Crippen molar-refractivity contribution in [1.82, 2.24) is 10.4 Å². The molecule has 2 aromatic carbocycles. The summed E-state index contributed by atoms with van der Waals surface area (Å²) < 4.78 is 0. The van der Waals surface area contributed by atoms with Crippen molar-refractivity contribution < 1.29 is 9.59 Å². The van der Waals surface area contributed by atoms with Crippen molar-refractivity contribution in [3.8, 4) is 0 Å². The van der Waals surface area contributed by atoms with Crippen LogP contribution >= 0.6 is 23.2 Å². The summed E-state index contributed by atoms with van der Waals surface area (Å²) in [5.41, 5.74) is 4.21. The van der Waals surface area contributed by atoms with Crippen LogP contribution in [0.4, 0.5) is 5.69 Å². The molecule has 0 bridgehead atoms. The van der Waals surface area contributed by atoms with Crippen molar-refractivity contribution in [3.05, 3.63) is 93.7 Å². The van der Waals surface area contributed by atoms with Gasteiger partial charge in [0.15, 0.2) is 0 Å². The maximum absolute atomic E-state index is 12.4. The van der Waals surface area contributed by atoms with E-state index in [-0.39, 0.29) is 16.6 Å². The zero-order valence-electron chi connectivity index (χ0n) is 14.4. The van der Waals surface area contributed by atoms with Gasteiger partial charge in [0.05, 0.1) is 16.8 Å². The first-order valence-corrected chi connectivity index (χ1v) is 8.89. The number of pyridine rings is 1. The summed E-state index contributed by atoms with van der Waals surface area (Å²) in [5, 5.41) is 7.38. The van der Waals surface area contributed by atoms with Gasteiger partial charge in [0.2, 0.25) is 0 Å². The van der Waals surface area contributed by atoms with Gasteiger partial charge in [-0.1, -0.05) is 41.4 Å². The molecule has 0 aliphatic heterocycles. The third kappa shape index (κ3) is 5.16. The molecular weight excluding hydrogens is 399 g/mol. The van der Waals surface area contributed by atoms with Crippen LogP contribution < -0.4 is 10.7 Å². The molecule has 28 heavy (non-hydrogen) atoms. The number of halogens is 2. The fourth-order valence-corrected chi connectivity index (χ4v) is 2.78. The second-order valence-corrected chi connectivity index (χ2v) is 6.46. The Morgan fingerprint density at radius 3 is 2.57 bits per heavy atom. The highest BCUT2D eigenvalue weighted by Crippen LogP contribution is 2.22. The minimum atomic E-state index is -0.418. The summed E-state index contributed by atoms with van der Waals surface area (Å²) in [7, 11) is 0. The second-order valence-electron chi connectivity index (χ2n) is 5.62. The Bertz CT molecular complexity index is 1040. The van der Waals surface area contributed by atoms with Crippen molar-refractivity contribution in [1.29, 1.82) is 0 Å². The molecule has 0 atom stereocenters. The van der Waals surface area contributed by atoms with E-state index >= 15 is 0 Å². The summed E-state index contributed by atoms with van der Waals surface area (Å²) in [6, 6.07) is 16.6. The maximum Gasteiger partial charge on any atom is 0.289 e. The lowest BCUT2D eigenvalue weighted by atomic mass is 10.2. The Labute approximate surface area is 171 Å². The second kappa shape index (κ2) is 9.12. The summed E-state index contributed by atoms with van der Waals surface area (Å²) >= 11 is 11.9. The van der Waals surface area contributed by atoms with Crippen LogP contribution in [0.3, 0.4) is 0 Å². The molecule has 0 saturated carbocycles. The van der Waals surface area contributed by atoms with Crippen molar-refractivity contribution >= 4 is 46.9 Å². The lowest BCUT2D eigenvalue weighted by Gasteiger charge is -2.07. The molecule has 0 aliphatic rings. The molecule has 0 radical (unpaired) electrons. The fraction of sp³-hybridized carbons (Fsp3) is 0. The van der Waals surface area contributed by atoms with Gasteiger partial charge in [-0.2, -0.15) is 5.10 Å². The van der Waals surface area contributed by atoms with Crippen molar-refractivity contribution in [2.75, 3.05) is 5.32 Å². The van der Waals surface area contributed by atoms with Gasteiger partial charge < -0.3 is 5.32 Å². The van der Waals surface area contributed by atoms with Crippen LogP contribution in [0.5, 0.6) is 0 Å². The van der Waals surface area contributed by atoms with E-state index in [2.05, 4.69) is 20.8 Å². The van der Waals surface area contributed by atoms with Crippen LogP contribution in [-0.2, 0) is 0 Å². The molecule has 0 fully saturated rings. The molecular formula is C20H14Cl2N4O2. The van der Waals surface area contributed by atoms with E-state index < -0.39 is 5.91 Å². The molecule has 140 valence electrons. The summed E-state index contributed by atoms with van der Waals surface area (Å²) in [6.07, 6.45) is 2.99. The highest BCUT2D eigenvalue weighted by Gasteiger charge is 2.11. The highest BCUT2D eigenvalue weighted by molar-refractivity contribution is 6.37. The number of rotatable bonds is 5. The first-order valence-electron chi connectivity index (χ1n) is 8.14. The smallest absolute Gasteiger partial charge is 0.289 e. The van der Waals surface area contributed by atoms with E-state index in [9.17, 15) is 9.59 Å². The quantitative estimate of drug-likeness (QED) is 0.480. The molecule has 2 amide bonds. The standard InChI is InChI=1S/C20H14Cl2N4O2/c21-14-7-8-16(17(22)11-14)19(27)25-15-5-3-4-13(10-15)12-24-26-20(28)18-6-1-2-9-23-18/h1-12H,(H,25,27)(H,26,28)/b24-12-. The van der Waals surface area contributed by atoms with Gasteiger partial charge in [0.25, 0.3) is 11.8 Å². The van der Waals surface area contributed by atoms with E-state index in [1.807, 2.05) is 0 Å². The number of hydrogen-bond acceptors (Lipinski definition) is 4. The Hall–Kier alpha value is -3.22. The molecule has 3 rings (SSSR count). The van der Waals surface area contributed by atoms with Crippen LogP contribution in [0.2, 0.25) is 10.0 Å². The molecule has 2 N–H and O–H groups in total. The van der Waals surface area contributed by atoms with Crippen molar-refractivity contribution in [2.24, 2.45) is 5.10 Å². The van der Waals surface area contributed by atoms with Gasteiger partial charge in [-0.05, 0) is 48.0 Å². The zero-order valence-corrected chi connectivity index (χ0v) is 15.9. The first-order chi connectivity index (χ1) is 13.5. The average molecular weight is 413 g/mol. The topological polar surface area (TPSA) is 83.5 Å². The molecule has 1 aromatic heterocycles. The molecule has 0 unspecified atom stereocenters. The molecule has 6 nitrogen and oxygen atoms in total. The minimum Gasteiger partial charge on any atom is -0.322 e. The molecule has 8 heteroatoms. The SMILES string of the molecule is O=C(N/N=C\c1cccc(NC(=O)c2ccc(Cl)cc2Cl)c1)c1ccccn1. The predicted octanol–water partition coefficient (Wildman–Crippen LogP) is 4.40. The van der Waals surface area contributed by atoms with Gasteiger partial charge in [-0.3, -0.25) is 14.6 Å². The normalized spacial score (nSPS) is 10.6. The number of carbonyl (C=O) groups is 2. The third-order valence-corrected chi connectivity index (χ3v) is 4.15. The average Bonchev–Trinajstić information content (AvgIpc) is 2.68. The van der Waals surface area contributed by atoms with E-state index in [4.69, 9.17) is 23.2 Å². The molecule has 0 saturated heterocycles. The van der Waals surface area contributed by atoms with Crippen molar-refractivity contribution in [3.63, 3.8) is 0 Å². The number of aromatic nitrogens is 1. The van der Waals surface area contributed by atoms with Gasteiger partial charge >= 0.3 is 0 Å². The minimum absolute atomic E-state index is 0.264. The predicted molar refractivity (Wildman–Crippen MR) is 110 cm³/mol. The van der Waals surface area contributed by atoms with E-state index in [1.54, 1.807) is 54.6 Å². The number of hydrazone groups is 1. The summed E-state index contributed by atoms with van der Waals surface area (Å²) in [5.74, 6) is -0.780. The van der Waals surface area contributed by atoms with Crippen LogP contribution in [0.25, 0.3) is 0 Å². The zero-order chi connectivity index (χ0) is 19.9. The van der Waals surface area contributed by atoms with Gasteiger partial charge in [-0.25, -0.2) is 5.43 Å². The van der Waals surface area contributed by atoms with E-state index in [0.29, 0.717) is 21.8 Å². The van der Waals surface area contributed by atoms with Crippen LogP contribution in [0.1, 0.15) is 26.4 Å². The van der Waals surface area contributed by atoms with Gasteiger partial charge in [0.1, 0.15) is 5.69 Å². The number of anilines is 1. The first kappa shape index (κ1) is 19.5. The molecule has 0 spiro atoms. The Kier molecular flexibility index (Phi) is 6.37. The largest absolute Gasteiger partial charge is 0.322 e. The maximum atomic E-state index is 12.4. The Balaban J connectivity index is 1.65. The fourth-order valence-electron chi connectivity index (χ4n) is 2.29. The van der Waals surface area contributed by atoms with E-state index in [0.717, 1.165) is 0 Å². The van der Waals surface area contributed by atoms with Gasteiger partial charge in [-0.15, -0.1) is 0 Å². The highest BCUT2D eigenvalue weighted by atomic mass is 35.5. The summed E-state index contributed by atoms with van der Waals surface area (Å²) in [4.78, 5) is 28.2. The van der Waals surface area contributed by atoms with Crippen LogP contribution in [0, 0.1) is 0 Å². The lowest BCUT2D eigenvalue weighted by Crippen LogP contribution is -2.18. The third-order valence-electron chi connectivity index (χ3n) is 3.60.